The van der Waals surface area contributed by atoms with Crippen molar-refractivity contribution in [2.75, 3.05) is 33.4 Å². The van der Waals surface area contributed by atoms with Crippen LogP contribution in [0, 0.1) is 5.92 Å². The maximum Gasteiger partial charge on any atom is 0.242 e. The van der Waals surface area contributed by atoms with Crippen LogP contribution in [0.25, 0.3) is 0 Å². The van der Waals surface area contributed by atoms with Gasteiger partial charge in [0.15, 0.2) is 0 Å². The van der Waals surface area contributed by atoms with Crippen LogP contribution in [-0.4, -0.2) is 49.7 Å². The van der Waals surface area contributed by atoms with Gasteiger partial charge < -0.3 is 15.0 Å². The van der Waals surface area contributed by atoms with Crippen molar-refractivity contribution >= 4 is 5.91 Å². The number of nitrogens with one attached hydrogen (secondary N) is 1. The summed E-state index contributed by atoms with van der Waals surface area (Å²) in [7, 11) is 1.94. The Morgan fingerprint density at radius 1 is 1.39 bits per heavy atom. The van der Waals surface area contributed by atoms with Gasteiger partial charge in [0.2, 0.25) is 5.91 Å². The maximum atomic E-state index is 12.5. The molecule has 0 aromatic rings. The van der Waals surface area contributed by atoms with Gasteiger partial charge in [-0.05, 0) is 51.5 Å². The number of amides is 1. The van der Waals surface area contributed by atoms with Crippen molar-refractivity contribution < 1.29 is 9.53 Å². The van der Waals surface area contributed by atoms with Gasteiger partial charge in [0.1, 0.15) is 0 Å². The van der Waals surface area contributed by atoms with E-state index in [0.29, 0.717) is 5.92 Å². The van der Waals surface area contributed by atoms with Crippen LogP contribution in [0.2, 0.25) is 0 Å². The summed E-state index contributed by atoms with van der Waals surface area (Å²) in [6.45, 7) is 5.59. The van der Waals surface area contributed by atoms with Crippen LogP contribution >= 0.6 is 0 Å². The molecule has 2 fully saturated rings. The van der Waals surface area contributed by atoms with E-state index in [1.807, 2.05) is 11.9 Å². The first-order valence-corrected chi connectivity index (χ1v) is 7.20. The lowest BCUT2D eigenvalue weighted by molar-refractivity contribution is -0.138. The third-order valence-corrected chi connectivity index (χ3v) is 4.31. The number of piperidine rings is 1. The molecule has 2 saturated heterocycles. The molecular weight excluding hydrogens is 228 g/mol. The molecule has 1 unspecified atom stereocenters. The zero-order chi connectivity index (χ0) is 13.0. The Labute approximate surface area is 110 Å². The van der Waals surface area contributed by atoms with E-state index in [9.17, 15) is 4.79 Å². The van der Waals surface area contributed by atoms with Gasteiger partial charge in [0.25, 0.3) is 0 Å². The molecule has 0 aromatic carbocycles. The van der Waals surface area contributed by atoms with Gasteiger partial charge >= 0.3 is 0 Å². The monoisotopic (exact) mass is 254 g/mol. The number of carbonyl (C=O) groups is 1. The Hall–Kier alpha value is -0.610. The lowest BCUT2D eigenvalue weighted by atomic mass is 9.89. The Kier molecular flexibility index (Phi) is 4.62. The summed E-state index contributed by atoms with van der Waals surface area (Å²) >= 11 is 0. The van der Waals surface area contributed by atoms with Crippen molar-refractivity contribution in [3.8, 4) is 0 Å². The minimum Gasteiger partial charge on any atom is -0.381 e. The molecular formula is C14H26N2O2. The van der Waals surface area contributed by atoms with Crippen LogP contribution in [0.15, 0.2) is 0 Å². The lowest BCUT2D eigenvalue weighted by Crippen LogP contribution is -2.57. The van der Waals surface area contributed by atoms with Gasteiger partial charge in [0, 0.05) is 26.8 Å². The molecule has 2 aliphatic heterocycles. The van der Waals surface area contributed by atoms with E-state index in [4.69, 9.17) is 4.74 Å². The third kappa shape index (κ3) is 3.23. The molecule has 0 aromatic heterocycles. The standard InChI is InChI=1S/C14H26N2O2/c1-14(7-3-4-8-15-14)13(17)16(2)11-12-5-9-18-10-6-12/h12,15H,3-11H2,1-2H3. The van der Waals surface area contributed by atoms with Crippen molar-refractivity contribution in [1.82, 2.24) is 10.2 Å². The summed E-state index contributed by atoms with van der Waals surface area (Å²) in [5, 5.41) is 3.40. The van der Waals surface area contributed by atoms with E-state index in [1.54, 1.807) is 0 Å². The lowest BCUT2D eigenvalue weighted by Gasteiger charge is -2.38. The number of carbonyl (C=O) groups excluding carboxylic acids is 1. The van der Waals surface area contributed by atoms with Gasteiger partial charge in [0.05, 0.1) is 5.54 Å². The number of hydrogen-bond donors (Lipinski definition) is 1. The Balaban J connectivity index is 1.86. The van der Waals surface area contributed by atoms with E-state index in [0.717, 1.165) is 52.0 Å². The summed E-state index contributed by atoms with van der Waals surface area (Å²) in [6.07, 6.45) is 5.47. The Morgan fingerprint density at radius 3 is 2.72 bits per heavy atom. The molecule has 1 amide bonds. The van der Waals surface area contributed by atoms with Gasteiger partial charge in [-0.1, -0.05) is 0 Å². The molecule has 4 nitrogen and oxygen atoms in total. The highest BCUT2D eigenvalue weighted by molar-refractivity contribution is 5.85. The first kappa shape index (κ1) is 13.8. The minimum absolute atomic E-state index is 0.258. The Morgan fingerprint density at radius 2 is 2.11 bits per heavy atom. The second-order valence-electron chi connectivity index (χ2n) is 5.96. The maximum absolute atomic E-state index is 12.5. The van der Waals surface area contributed by atoms with E-state index in [2.05, 4.69) is 12.2 Å². The predicted molar refractivity (Wildman–Crippen MR) is 71.4 cm³/mol. The molecule has 0 bridgehead atoms. The molecule has 2 aliphatic rings. The van der Waals surface area contributed by atoms with Crippen molar-refractivity contribution in [1.29, 1.82) is 0 Å². The second kappa shape index (κ2) is 6.02. The first-order chi connectivity index (χ1) is 8.62. The van der Waals surface area contributed by atoms with E-state index in [1.165, 1.54) is 6.42 Å². The molecule has 1 atom stereocenters. The van der Waals surface area contributed by atoms with Crippen molar-refractivity contribution in [2.45, 2.75) is 44.6 Å². The molecule has 0 radical (unpaired) electrons. The molecule has 2 heterocycles. The topological polar surface area (TPSA) is 41.6 Å². The summed E-state index contributed by atoms with van der Waals surface area (Å²) in [5.74, 6) is 0.869. The predicted octanol–water partition coefficient (Wildman–Crippen LogP) is 1.40. The van der Waals surface area contributed by atoms with Crippen LogP contribution in [-0.2, 0) is 9.53 Å². The minimum atomic E-state index is -0.335. The largest absolute Gasteiger partial charge is 0.381 e. The highest BCUT2D eigenvalue weighted by atomic mass is 16.5. The molecule has 104 valence electrons. The van der Waals surface area contributed by atoms with Gasteiger partial charge in [-0.2, -0.15) is 0 Å². The summed E-state index contributed by atoms with van der Waals surface area (Å²) < 4.78 is 5.36. The highest BCUT2D eigenvalue weighted by Crippen LogP contribution is 2.22. The highest BCUT2D eigenvalue weighted by Gasteiger charge is 2.36. The van der Waals surface area contributed by atoms with Crippen LogP contribution in [0.4, 0.5) is 0 Å². The van der Waals surface area contributed by atoms with Gasteiger partial charge in [-0.15, -0.1) is 0 Å². The van der Waals surface area contributed by atoms with Gasteiger partial charge in [-0.25, -0.2) is 0 Å². The van der Waals surface area contributed by atoms with Crippen LogP contribution in [0.3, 0.4) is 0 Å². The number of rotatable bonds is 3. The summed E-state index contributed by atoms with van der Waals surface area (Å²) in [5.41, 5.74) is -0.335. The number of hydrogen-bond acceptors (Lipinski definition) is 3. The van der Waals surface area contributed by atoms with E-state index in [-0.39, 0.29) is 11.4 Å². The molecule has 4 heteroatoms. The Bertz CT molecular complexity index is 282. The molecule has 18 heavy (non-hydrogen) atoms. The molecule has 2 rings (SSSR count). The fraction of sp³-hybridized carbons (Fsp3) is 0.929. The van der Waals surface area contributed by atoms with Crippen LogP contribution in [0.1, 0.15) is 39.0 Å². The quantitative estimate of drug-likeness (QED) is 0.828. The average Bonchev–Trinajstić information content (AvgIpc) is 2.40. The van der Waals surface area contributed by atoms with Gasteiger partial charge in [-0.3, -0.25) is 4.79 Å². The fourth-order valence-electron chi connectivity index (χ4n) is 3.06. The average molecular weight is 254 g/mol. The van der Waals surface area contributed by atoms with E-state index < -0.39 is 0 Å². The molecule has 0 aliphatic carbocycles. The van der Waals surface area contributed by atoms with E-state index >= 15 is 0 Å². The fourth-order valence-corrected chi connectivity index (χ4v) is 3.06. The molecule has 0 saturated carbocycles. The second-order valence-corrected chi connectivity index (χ2v) is 5.96. The smallest absolute Gasteiger partial charge is 0.242 e. The van der Waals surface area contributed by atoms with Crippen LogP contribution in [0.5, 0.6) is 0 Å². The molecule has 0 spiro atoms. The van der Waals surface area contributed by atoms with Crippen molar-refractivity contribution in [2.24, 2.45) is 5.92 Å². The zero-order valence-corrected chi connectivity index (χ0v) is 11.7. The zero-order valence-electron chi connectivity index (χ0n) is 11.7. The number of ether oxygens (including phenoxy) is 1. The normalized spacial score (nSPS) is 30.1. The number of likely N-dealkylation sites (N-methyl/N-ethyl adjacent to an activating group) is 1. The van der Waals surface area contributed by atoms with Crippen molar-refractivity contribution in [3.05, 3.63) is 0 Å². The number of nitrogens with zero attached hydrogens (tertiary/aromatic N) is 1. The molecule has 1 N–H and O–H groups in total. The third-order valence-electron chi connectivity index (χ3n) is 4.31. The van der Waals surface area contributed by atoms with Crippen molar-refractivity contribution in [3.63, 3.8) is 0 Å². The first-order valence-electron chi connectivity index (χ1n) is 7.20. The summed E-state index contributed by atoms with van der Waals surface area (Å²) in [6, 6.07) is 0. The SMILES string of the molecule is CN(CC1CCOCC1)C(=O)C1(C)CCCCN1. The van der Waals surface area contributed by atoms with Crippen LogP contribution < -0.4 is 5.32 Å². The summed E-state index contributed by atoms with van der Waals surface area (Å²) in [4.78, 5) is 14.5.